The highest BCUT2D eigenvalue weighted by atomic mass is 16.2. The SMILES string of the molecule is CN(N)C(=O)c1cccc(C#N)c1. The molecule has 0 aliphatic rings. The lowest BCUT2D eigenvalue weighted by atomic mass is 10.1. The van der Waals surface area contributed by atoms with Gasteiger partial charge in [-0.05, 0) is 18.2 Å². The van der Waals surface area contributed by atoms with E-state index in [4.69, 9.17) is 11.1 Å². The molecule has 1 amide bonds. The van der Waals surface area contributed by atoms with Crippen LogP contribution in [0.15, 0.2) is 24.3 Å². The third kappa shape index (κ3) is 2.04. The number of rotatable bonds is 1. The summed E-state index contributed by atoms with van der Waals surface area (Å²) in [4.78, 5) is 11.3. The van der Waals surface area contributed by atoms with Crippen LogP contribution in [0.25, 0.3) is 0 Å². The molecule has 0 saturated carbocycles. The van der Waals surface area contributed by atoms with Gasteiger partial charge in [0.1, 0.15) is 0 Å². The Morgan fingerprint density at radius 1 is 1.62 bits per heavy atom. The van der Waals surface area contributed by atoms with Crippen molar-refractivity contribution >= 4 is 5.91 Å². The minimum Gasteiger partial charge on any atom is -0.280 e. The minimum absolute atomic E-state index is 0.308. The Bertz CT molecular complexity index is 365. The zero-order chi connectivity index (χ0) is 9.84. The van der Waals surface area contributed by atoms with Gasteiger partial charge in [0, 0.05) is 12.6 Å². The Labute approximate surface area is 76.2 Å². The van der Waals surface area contributed by atoms with Crippen molar-refractivity contribution in [2.75, 3.05) is 7.05 Å². The summed E-state index contributed by atoms with van der Waals surface area (Å²) in [6, 6.07) is 8.35. The van der Waals surface area contributed by atoms with Crippen LogP contribution in [0.2, 0.25) is 0 Å². The monoisotopic (exact) mass is 175 g/mol. The van der Waals surface area contributed by atoms with Gasteiger partial charge in [0.05, 0.1) is 11.6 Å². The summed E-state index contributed by atoms with van der Waals surface area (Å²) in [6.45, 7) is 0. The van der Waals surface area contributed by atoms with Gasteiger partial charge >= 0.3 is 0 Å². The van der Waals surface area contributed by atoms with E-state index in [2.05, 4.69) is 0 Å². The molecule has 0 heterocycles. The molecule has 2 N–H and O–H groups in total. The maximum atomic E-state index is 11.3. The minimum atomic E-state index is -0.308. The Kier molecular flexibility index (Phi) is 2.62. The van der Waals surface area contributed by atoms with Crippen molar-refractivity contribution in [1.29, 1.82) is 5.26 Å². The van der Waals surface area contributed by atoms with Crippen LogP contribution >= 0.6 is 0 Å². The topological polar surface area (TPSA) is 70.1 Å². The van der Waals surface area contributed by atoms with Crippen LogP contribution in [0.5, 0.6) is 0 Å². The maximum Gasteiger partial charge on any atom is 0.267 e. The average Bonchev–Trinajstić information content (AvgIpc) is 2.16. The Morgan fingerprint density at radius 3 is 2.85 bits per heavy atom. The number of nitriles is 1. The fourth-order valence-corrected chi connectivity index (χ4v) is 0.925. The third-order valence-corrected chi connectivity index (χ3v) is 1.56. The summed E-state index contributed by atoms with van der Waals surface area (Å²) in [5.41, 5.74) is 0.872. The van der Waals surface area contributed by atoms with Gasteiger partial charge in [-0.2, -0.15) is 5.26 Å². The smallest absolute Gasteiger partial charge is 0.267 e. The molecule has 0 aliphatic carbocycles. The van der Waals surface area contributed by atoms with Gasteiger partial charge in [-0.3, -0.25) is 9.80 Å². The van der Waals surface area contributed by atoms with Crippen LogP contribution in [-0.2, 0) is 0 Å². The van der Waals surface area contributed by atoms with E-state index in [0.29, 0.717) is 11.1 Å². The van der Waals surface area contributed by atoms with Crippen LogP contribution in [-0.4, -0.2) is 18.0 Å². The van der Waals surface area contributed by atoms with Crippen LogP contribution in [0.4, 0.5) is 0 Å². The number of carbonyl (C=O) groups excluding carboxylic acids is 1. The molecular weight excluding hydrogens is 166 g/mol. The van der Waals surface area contributed by atoms with Crippen LogP contribution in [0.3, 0.4) is 0 Å². The molecule has 1 rings (SSSR count). The number of hydrogen-bond acceptors (Lipinski definition) is 3. The molecule has 13 heavy (non-hydrogen) atoms. The van der Waals surface area contributed by atoms with Crippen molar-refractivity contribution in [1.82, 2.24) is 5.01 Å². The summed E-state index contributed by atoms with van der Waals surface area (Å²) in [5, 5.41) is 9.56. The van der Waals surface area contributed by atoms with Crippen LogP contribution < -0.4 is 5.84 Å². The van der Waals surface area contributed by atoms with Gasteiger partial charge < -0.3 is 0 Å². The Morgan fingerprint density at radius 2 is 2.31 bits per heavy atom. The molecule has 0 atom stereocenters. The van der Waals surface area contributed by atoms with Gasteiger partial charge in [-0.1, -0.05) is 6.07 Å². The molecule has 0 aliphatic heterocycles. The van der Waals surface area contributed by atoms with Gasteiger partial charge in [0.15, 0.2) is 0 Å². The molecule has 0 bridgehead atoms. The van der Waals surface area contributed by atoms with E-state index < -0.39 is 0 Å². The quantitative estimate of drug-likeness (QED) is 0.384. The average molecular weight is 175 g/mol. The van der Waals surface area contributed by atoms with Crippen molar-refractivity contribution in [3.8, 4) is 6.07 Å². The summed E-state index contributed by atoms with van der Waals surface area (Å²) in [5.74, 6) is 4.95. The number of nitrogens with two attached hydrogens (primary N) is 1. The van der Waals surface area contributed by atoms with Crippen LogP contribution in [0, 0.1) is 11.3 Å². The fourth-order valence-electron chi connectivity index (χ4n) is 0.925. The highest BCUT2D eigenvalue weighted by molar-refractivity contribution is 5.93. The maximum absolute atomic E-state index is 11.3. The first-order chi connectivity index (χ1) is 6.15. The lowest BCUT2D eigenvalue weighted by Gasteiger charge is -2.09. The number of carbonyl (C=O) groups is 1. The van der Waals surface area contributed by atoms with Gasteiger partial charge in [0.25, 0.3) is 5.91 Å². The molecule has 0 saturated heterocycles. The molecular formula is C9H9N3O. The third-order valence-electron chi connectivity index (χ3n) is 1.56. The fraction of sp³-hybridized carbons (Fsp3) is 0.111. The van der Waals surface area contributed by atoms with E-state index in [0.717, 1.165) is 5.01 Å². The van der Waals surface area contributed by atoms with Gasteiger partial charge in [-0.25, -0.2) is 5.84 Å². The van der Waals surface area contributed by atoms with Crippen molar-refractivity contribution in [2.45, 2.75) is 0 Å². The molecule has 0 aromatic heterocycles. The number of nitrogens with zero attached hydrogens (tertiary/aromatic N) is 2. The second-order valence-corrected chi connectivity index (χ2v) is 2.61. The molecule has 4 heteroatoms. The number of benzene rings is 1. The number of hydrazine groups is 1. The highest BCUT2D eigenvalue weighted by Gasteiger charge is 2.07. The first-order valence-electron chi connectivity index (χ1n) is 3.68. The van der Waals surface area contributed by atoms with E-state index in [9.17, 15) is 4.79 Å². The molecule has 1 aromatic rings. The van der Waals surface area contributed by atoms with E-state index >= 15 is 0 Å². The van der Waals surface area contributed by atoms with Crippen LogP contribution in [0.1, 0.15) is 15.9 Å². The molecule has 4 nitrogen and oxygen atoms in total. The number of hydrogen-bond donors (Lipinski definition) is 1. The summed E-state index contributed by atoms with van der Waals surface area (Å²) in [7, 11) is 1.46. The molecule has 0 unspecified atom stereocenters. The Hall–Kier alpha value is -1.86. The number of amides is 1. The van der Waals surface area contributed by atoms with E-state index in [1.54, 1.807) is 18.2 Å². The second-order valence-electron chi connectivity index (χ2n) is 2.61. The van der Waals surface area contributed by atoms with E-state index in [1.165, 1.54) is 13.1 Å². The van der Waals surface area contributed by atoms with E-state index in [1.807, 2.05) is 6.07 Å². The Balaban J connectivity index is 3.04. The van der Waals surface area contributed by atoms with Gasteiger partial charge in [-0.15, -0.1) is 0 Å². The van der Waals surface area contributed by atoms with Crippen molar-refractivity contribution in [3.63, 3.8) is 0 Å². The molecule has 0 spiro atoms. The van der Waals surface area contributed by atoms with Gasteiger partial charge in [0.2, 0.25) is 0 Å². The summed E-state index contributed by atoms with van der Waals surface area (Å²) >= 11 is 0. The molecule has 1 aromatic carbocycles. The standard InChI is InChI=1S/C9H9N3O/c1-12(11)9(13)8-4-2-3-7(5-8)6-10/h2-5H,11H2,1H3. The summed E-state index contributed by atoms with van der Waals surface area (Å²) < 4.78 is 0. The lowest BCUT2D eigenvalue weighted by Crippen LogP contribution is -2.33. The largest absolute Gasteiger partial charge is 0.280 e. The van der Waals surface area contributed by atoms with E-state index in [-0.39, 0.29) is 5.91 Å². The second kappa shape index (κ2) is 3.70. The zero-order valence-electron chi connectivity index (χ0n) is 7.19. The van der Waals surface area contributed by atoms with Crippen molar-refractivity contribution in [2.24, 2.45) is 5.84 Å². The first-order valence-corrected chi connectivity index (χ1v) is 3.68. The molecule has 0 fully saturated rings. The molecule has 0 radical (unpaired) electrons. The summed E-state index contributed by atoms with van der Waals surface area (Å²) in [6.07, 6.45) is 0. The highest BCUT2D eigenvalue weighted by Crippen LogP contribution is 2.05. The lowest BCUT2D eigenvalue weighted by molar-refractivity contribution is 0.0795. The predicted molar refractivity (Wildman–Crippen MR) is 47.4 cm³/mol. The zero-order valence-corrected chi connectivity index (χ0v) is 7.19. The normalized spacial score (nSPS) is 9.00. The molecule has 66 valence electrons. The van der Waals surface area contributed by atoms with Crippen molar-refractivity contribution in [3.05, 3.63) is 35.4 Å². The predicted octanol–water partition coefficient (Wildman–Crippen LogP) is 0.504. The first kappa shape index (κ1) is 9.23. The van der Waals surface area contributed by atoms with Crippen molar-refractivity contribution < 1.29 is 4.79 Å².